The van der Waals surface area contributed by atoms with E-state index in [1.165, 1.54) is 11.3 Å². The zero-order chi connectivity index (χ0) is 15.2. The normalized spacial score (nSPS) is 11.9. The smallest absolute Gasteiger partial charge is 0.269 e. The van der Waals surface area contributed by atoms with Crippen LogP contribution in [-0.2, 0) is 10.0 Å². The van der Waals surface area contributed by atoms with Gasteiger partial charge in [-0.25, -0.2) is 13.4 Å². The molecule has 0 unspecified atom stereocenters. The van der Waals surface area contributed by atoms with Crippen LogP contribution in [0.3, 0.4) is 0 Å². The molecule has 21 heavy (non-hydrogen) atoms. The molecule has 0 saturated heterocycles. The van der Waals surface area contributed by atoms with Gasteiger partial charge in [-0.2, -0.15) is 0 Å². The van der Waals surface area contributed by atoms with Gasteiger partial charge in [0.25, 0.3) is 10.0 Å². The summed E-state index contributed by atoms with van der Waals surface area (Å²) in [4.78, 5) is 4.27. The fourth-order valence-electron chi connectivity index (χ4n) is 2.01. The number of nitrogens with two attached hydrogens (primary N) is 1. The molecule has 3 N–H and O–H groups in total. The van der Waals surface area contributed by atoms with E-state index < -0.39 is 10.0 Å². The molecule has 0 aliphatic heterocycles. The largest absolute Gasteiger partial charge is 0.399 e. The minimum Gasteiger partial charge on any atom is -0.399 e. The number of hydrogen-bond donors (Lipinski definition) is 2. The van der Waals surface area contributed by atoms with Crippen LogP contribution in [0.15, 0.2) is 27.6 Å². The molecule has 1 aromatic carbocycles. The van der Waals surface area contributed by atoms with E-state index in [1.54, 1.807) is 32.0 Å². The van der Waals surface area contributed by atoms with Crippen LogP contribution >= 0.6 is 11.3 Å². The second kappa shape index (κ2) is 4.71. The van der Waals surface area contributed by atoms with Crippen LogP contribution in [0, 0.1) is 13.8 Å². The first kappa shape index (κ1) is 13.8. The second-order valence-corrected chi connectivity index (χ2v) is 7.15. The molecule has 0 aliphatic rings. The van der Waals surface area contributed by atoms with E-state index in [-0.39, 0.29) is 15.8 Å². The second-order valence-electron chi connectivity index (χ2n) is 4.50. The average Bonchev–Trinajstić information content (AvgIpc) is 2.91. The summed E-state index contributed by atoms with van der Waals surface area (Å²) >= 11 is 1.21. The number of sulfonamides is 1. The number of benzene rings is 1. The van der Waals surface area contributed by atoms with Crippen molar-refractivity contribution < 1.29 is 12.9 Å². The van der Waals surface area contributed by atoms with Crippen LogP contribution in [0.5, 0.6) is 0 Å². The number of hydrogen-bond acceptors (Lipinski definition) is 7. The van der Waals surface area contributed by atoms with E-state index in [0.717, 1.165) is 4.70 Å². The lowest BCUT2D eigenvalue weighted by Crippen LogP contribution is -2.14. The van der Waals surface area contributed by atoms with Crippen LogP contribution in [0.2, 0.25) is 0 Å². The van der Waals surface area contributed by atoms with E-state index in [1.807, 2.05) is 0 Å². The maximum Gasteiger partial charge on any atom is 0.269 e. The van der Waals surface area contributed by atoms with Crippen molar-refractivity contribution in [3.8, 4) is 0 Å². The van der Waals surface area contributed by atoms with E-state index in [9.17, 15) is 8.42 Å². The van der Waals surface area contributed by atoms with Crippen molar-refractivity contribution in [3.63, 3.8) is 0 Å². The van der Waals surface area contributed by atoms with Crippen LogP contribution in [-0.4, -0.2) is 18.6 Å². The molecular weight excluding hydrogens is 312 g/mol. The van der Waals surface area contributed by atoms with Crippen molar-refractivity contribution in [2.75, 3.05) is 10.5 Å². The third-order valence-corrected chi connectivity index (χ3v) is 5.52. The number of aromatic nitrogens is 2. The zero-order valence-corrected chi connectivity index (χ0v) is 12.9. The van der Waals surface area contributed by atoms with Gasteiger partial charge >= 0.3 is 0 Å². The molecule has 0 amide bonds. The Kier molecular flexibility index (Phi) is 3.10. The van der Waals surface area contributed by atoms with E-state index in [2.05, 4.69) is 14.9 Å². The van der Waals surface area contributed by atoms with Crippen LogP contribution in [0.25, 0.3) is 10.2 Å². The van der Waals surface area contributed by atoms with Gasteiger partial charge in [0, 0.05) is 5.69 Å². The number of aryl methyl sites for hydroxylation is 2. The molecule has 0 bridgehead atoms. The Balaban J connectivity index is 2.01. The fraction of sp³-hybridized carbons (Fsp3) is 0.167. The topological polar surface area (TPSA) is 111 Å². The minimum absolute atomic E-state index is 0.0428. The first-order chi connectivity index (χ1) is 9.87. The van der Waals surface area contributed by atoms with Crippen molar-refractivity contribution in [1.29, 1.82) is 0 Å². The number of rotatable bonds is 3. The highest BCUT2D eigenvalue weighted by molar-refractivity contribution is 7.93. The third kappa shape index (κ3) is 2.45. The molecular formula is C12H12N4O3S2. The molecule has 0 fully saturated rings. The van der Waals surface area contributed by atoms with Gasteiger partial charge in [0.2, 0.25) is 0 Å². The van der Waals surface area contributed by atoms with Crippen molar-refractivity contribution in [2.24, 2.45) is 0 Å². The van der Waals surface area contributed by atoms with Gasteiger partial charge in [0.05, 0.1) is 10.2 Å². The molecule has 3 aromatic rings. The van der Waals surface area contributed by atoms with Crippen LogP contribution in [0.4, 0.5) is 10.8 Å². The van der Waals surface area contributed by atoms with Gasteiger partial charge < -0.3 is 10.3 Å². The maximum absolute atomic E-state index is 12.4. The first-order valence-corrected chi connectivity index (χ1v) is 8.28. The lowest BCUT2D eigenvalue weighted by Gasteiger charge is -2.03. The van der Waals surface area contributed by atoms with Crippen molar-refractivity contribution in [3.05, 3.63) is 29.7 Å². The average molecular weight is 324 g/mol. The number of nitrogens with one attached hydrogen (secondary N) is 1. The third-order valence-electron chi connectivity index (χ3n) is 2.87. The summed E-state index contributed by atoms with van der Waals surface area (Å²) in [5.74, 6) is 0.241. The Morgan fingerprint density at radius 3 is 2.76 bits per heavy atom. The van der Waals surface area contributed by atoms with Gasteiger partial charge in [0.1, 0.15) is 5.69 Å². The SMILES string of the molecule is Cc1noc(C)c1S(=O)(=O)Nc1nc2ccc(N)cc2s1. The lowest BCUT2D eigenvalue weighted by atomic mass is 10.3. The maximum atomic E-state index is 12.4. The molecule has 3 rings (SSSR count). The predicted molar refractivity (Wildman–Crippen MR) is 80.8 cm³/mol. The van der Waals surface area contributed by atoms with Gasteiger partial charge in [-0.05, 0) is 32.0 Å². The number of nitrogens with zero attached hydrogens (tertiary/aromatic N) is 2. The van der Waals surface area contributed by atoms with E-state index in [4.69, 9.17) is 10.3 Å². The predicted octanol–water partition coefficient (Wildman–Crippen LogP) is 2.28. The lowest BCUT2D eigenvalue weighted by molar-refractivity contribution is 0.390. The molecule has 110 valence electrons. The molecule has 0 aliphatic carbocycles. The van der Waals surface area contributed by atoms with Gasteiger partial charge in [-0.15, -0.1) is 0 Å². The number of anilines is 2. The van der Waals surface area contributed by atoms with Crippen molar-refractivity contribution >= 4 is 42.4 Å². The Labute approximate surface area is 124 Å². The Morgan fingerprint density at radius 1 is 1.33 bits per heavy atom. The van der Waals surface area contributed by atoms with Gasteiger partial charge in [0.15, 0.2) is 15.8 Å². The summed E-state index contributed by atoms with van der Waals surface area (Å²) in [5.41, 5.74) is 7.30. The standard InChI is InChI=1S/C12H12N4O3S2/c1-6-11(7(2)19-15-6)21(17,18)16-12-14-9-4-3-8(13)5-10(9)20-12/h3-5H,13H2,1-2H3,(H,14,16). The van der Waals surface area contributed by atoms with Gasteiger partial charge in [-0.3, -0.25) is 4.72 Å². The van der Waals surface area contributed by atoms with E-state index in [0.29, 0.717) is 16.9 Å². The summed E-state index contributed by atoms with van der Waals surface area (Å²) in [7, 11) is -3.78. The summed E-state index contributed by atoms with van der Waals surface area (Å²) in [6, 6.07) is 5.21. The Morgan fingerprint density at radius 2 is 2.10 bits per heavy atom. The summed E-state index contributed by atoms with van der Waals surface area (Å²) in [6.45, 7) is 3.12. The number of fused-ring (bicyclic) bond motifs is 1. The summed E-state index contributed by atoms with van der Waals surface area (Å²) in [5, 5.41) is 3.92. The molecule has 0 atom stereocenters. The fourth-order valence-corrected chi connectivity index (χ4v) is 4.49. The van der Waals surface area contributed by atoms with E-state index >= 15 is 0 Å². The van der Waals surface area contributed by atoms with Crippen molar-refractivity contribution in [1.82, 2.24) is 10.1 Å². The summed E-state index contributed by atoms with van der Waals surface area (Å²) in [6.07, 6.45) is 0. The highest BCUT2D eigenvalue weighted by atomic mass is 32.2. The molecule has 2 heterocycles. The highest BCUT2D eigenvalue weighted by Crippen LogP contribution is 2.30. The highest BCUT2D eigenvalue weighted by Gasteiger charge is 2.25. The monoisotopic (exact) mass is 324 g/mol. The first-order valence-electron chi connectivity index (χ1n) is 5.98. The molecule has 7 nitrogen and oxygen atoms in total. The number of nitrogen functional groups attached to an aromatic ring is 1. The molecule has 0 radical (unpaired) electrons. The minimum atomic E-state index is -3.78. The van der Waals surface area contributed by atoms with Gasteiger partial charge in [-0.1, -0.05) is 16.5 Å². The Bertz CT molecular complexity index is 908. The van der Waals surface area contributed by atoms with Crippen molar-refractivity contribution in [2.45, 2.75) is 18.7 Å². The Hall–Kier alpha value is -2.13. The molecule has 2 aromatic heterocycles. The molecule has 0 saturated carbocycles. The van der Waals surface area contributed by atoms with Crippen LogP contribution in [0.1, 0.15) is 11.5 Å². The number of thiazole rings is 1. The molecule has 9 heteroatoms. The summed E-state index contributed by atoms with van der Waals surface area (Å²) < 4.78 is 32.9. The zero-order valence-electron chi connectivity index (χ0n) is 11.2. The molecule has 0 spiro atoms. The quantitative estimate of drug-likeness (QED) is 0.715. The van der Waals surface area contributed by atoms with Crippen LogP contribution < -0.4 is 10.5 Å².